The minimum atomic E-state index is -1.58. The van der Waals surface area contributed by atoms with E-state index in [9.17, 15) is 23.7 Å². The van der Waals surface area contributed by atoms with Gasteiger partial charge in [-0.2, -0.15) is 0 Å². The Labute approximate surface area is 233 Å². The number of amides is 1. The molecule has 2 aromatic heterocycles. The zero-order chi connectivity index (χ0) is 28.7. The molecule has 0 spiro atoms. The van der Waals surface area contributed by atoms with Crippen LogP contribution >= 0.6 is 0 Å². The summed E-state index contributed by atoms with van der Waals surface area (Å²) in [6, 6.07) is 17.2. The molecule has 0 radical (unpaired) electrons. The molecule has 1 unspecified atom stereocenters. The van der Waals surface area contributed by atoms with Gasteiger partial charge in [0.2, 0.25) is 0 Å². The highest BCUT2D eigenvalue weighted by Crippen LogP contribution is 2.30. The number of aryl methyl sites for hydroxylation is 3. The molecule has 40 heavy (non-hydrogen) atoms. The second-order valence-electron chi connectivity index (χ2n) is 10.1. The average molecular weight is 559 g/mol. The van der Waals surface area contributed by atoms with Crippen LogP contribution in [0, 0.1) is 13.8 Å². The number of carbonyl (C=O) groups excluding carboxylic acids is 1. The maximum Gasteiger partial charge on any atom is 0.330 e. The molecule has 0 saturated carbocycles. The highest BCUT2D eigenvalue weighted by Gasteiger charge is 2.26. The molecule has 3 aromatic carbocycles. The van der Waals surface area contributed by atoms with Crippen molar-refractivity contribution in [2.24, 2.45) is 7.05 Å². The quantitative estimate of drug-likeness (QED) is 0.298. The molecular formula is C30H30N4O5S. The predicted octanol–water partition coefficient (Wildman–Crippen LogP) is 4.05. The molecule has 5 aromatic rings. The van der Waals surface area contributed by atoms with Crippen LogP contribution in [0.1, 0.15) is 45.1 Å². The first-order valence-electron chi connectivity index (χ1n) is 12.8. The molecule has 0 aliphatic rings. The number of aromatic nitrogens is 3. The number of hydrogen-bond acceptors (Lipinski definition) is 4. The number of aliphatic carboxylic acids is 1. The van der Waals surface area contributed by atoms with Gasteiger partial charge in [0.15, 0.2) is 0 Å². The van der Waals surface area contributed by atoms with Crippen molar-refractivity contribution >= 4 is 44.8 Å². The summed E-state index contributed by atoms with van der Waals surface area (Å²) in [5.41, 5.74) is 5.72. The van der Waals surface area contributed by atoms with E-state index in [4.69, 9.17) is 0 Å². The zero-order valence-corrected chi connectivity index (χ0v) is 23.5. The molecule has 0 saturated heterocycles. The van der Waals surface area contributed by atoms with Crippen LogP contribution in [0.4, 0.5) is 0 Å². The van der Waals surface area contributed by atoms with Gasteiger partial charge >= 0.3 is 11.7 Å². The Bertz CT molecular complexity index is 1870. The van der Waals surface area contributed by atoms with Gasteiger partial charge in [-0.1, -0.05) is 36.4 Å². The first-order chi connectivity index (χ1) is 19.0. The SMILES string of the molecule is Cc1cc(C)c2c(Cn3c(=O)n([C@H](CC(=O)O)c4ccccc4)c4cc(C(=O)NS(C)=O)ccc43)cn(C)c2c1. The molecule has 2 N–H and O–H groups in total. The maximum atomic E-state index is 14.2. The summed E-state index contributed by atoms with van der Waals surface area (Å²) in [7, 11) is 0.394. The van der Waals surface area contributed by atoms with E-state index in [2.05, 4.69) is 16.9 Å². The van der Waals surface area contributed by atoms with Crippen molar-refractivity contribution in [2.45, 2.75) is 32.9 Å². The number of benzene rings is 3. The molecule has 0 fully saturated rings. The van der Waals surface area contributed by atoms with Gasteiger partial charge in [0.1, 0.15) is 11.0 Å². The van der Waals surface area contributed by atoms with Gasteiger partial charge in [-0.15, -0.1) is 0 Å². The molecule has 0 aliphatic heterocycles. The van der Waals surface area contributed by atoms with Gasteiger partial charge < -0.3 is 9.67 Å². The van der Waals surface area contributed by atoms with Crippen LogP contribution in [0.5, 0.6) is 0 Å². The third-order valence-corrected chi connectivity index (χ3v) is 7.64. The Morgan fingerprint density at radius 2 is 1.73 bits per heavy atom. The van der Waals surface area contributed by atoms with Gasteiger partial charge in [-0.05, 0) is 60.4 Å². The first-order valence-corrected chi connectivity index (χ1v) is 14.3. The lowest BCUT2D eigenvalue weighted by Crippen LogP contribution is -2.29. The van der Waals surface area contributed by atoms with Crippen molar-refractivity contribution in [3.63, 3.8) is 0 Å². The fraction of sp³-hybridized carbons (Fsp3) is 0.233. The number of rotatable bonds is 8. The van der Waals surface area contributed by atoms with Gasteiger partial charge in [-0.25, -0.2) is 9.00 Å². The van der Waals surface area contributed by atoms with E-state index < -0.39 is 28.9 Å². The van der Waals surface area contributed by atoms with Crippen molar-refractivity contribution in [3.8, 4) is 0 Å². The molecule has 9 nitrogen and oxygen atoms in total. The van der Waals surface area contributed by atoms with Crippen LogP contribution in [0.2, 0.25) is 0 Å². The molecule has 2 atom stereocenters. The largest absolute Gasteiger partial charge is 0.481 e. The summed E-state index contributed by atoms with van der Waals surface area (Å²) in [4.78, 5) is 38.9. The number of carbonyl (C=O) groups is 2. The molecule has 1 amide bonds. The van der Waals surface area contributed by atoms with Crippen molar-refractivity contribution in [2.75, 3.05) is 6.26 Å². The summed E-state index contributed by atoms with van der Waals surface area (Å²) in [5.74, 6) is -1.61. The predicted molar refractivity (Wildman–Crippen MR) is 156 cm³/mol. The van der Waals surface area contributed by atoms with Gasteiger partial charge in [0.05, 0.1) is 30.0 Å². The van der Waals surface area contributed by atoms with Crippen LogP contribution in [0.15, 0.2) is 71.7 Å². The number of hydrogen-bond donors (Lipinski definition) is 2. The van der Waals surface area contributed by atoms with Crippen LogP contribution in [0.3, 0.4) is 0 Å². The van der Waals surface area contributed by atoms with E-state index in [1.54, 1.807) is 47.0 Å². The average Bonchev–Trinajstić information content (AvgIpc) is 3.35. The lowest BCUT2D eigenvalue weighted by Gasteiger charge is -2.17. The topological polar surface area (TPSA) is 115 Å². The summed E-state index contributed by atoms with van der Waals surface area (Å²) >= 11 is 0. The maximum absolute atomic E-state index is 14.2. The molecule has 10 heteroatoms. The standard InChI is InChI=1S/C30H30N4O5S/c1-18-12-19(2)28-22(16-32(3)26(28)13-18)17-33-23-11-10-21(29(37)31-40(4)39)14-25(23)34(30(33)38)24(15-27(35)36)20-8-6-5-7-9-20/h5-14,16,24H,15,17H2,1-4H3,(H,31,37)(H,35,36)/t24-,40?/m1/s1. The first kappa shape index (κ1) is 27.1. The Kier molecular flexibility index (Phi) is 7.20. The number of nitrogens with one attached hydrogen (secondary N) is 1. The highest BCUT2D eigenvalue weighted by atomic mass is 32.2. The number of carboxylic acid groups (broad SMARTS) is 1. The number of carboxylic acids is 1. The van der Waals surface area contributed by atoms with E-state index in [0.717, 1.165) is 27.6 Å². The molecular weight excluding hydrogens is 528 g/mol. The van der Waals surface area contributed by atoms with E-state index >= 15 is 0 Å². The summed E-state index contributed by atoms with van der Waals surface area (Å²) in [6.45, 7) is 4.35. The normalized spacial score (nSPS) is 13.0. The van der Waals surface area contributed by atoms with E-state index in [0.29, 0.717) is 16.6 Å². The fourth-order valence-corrected chi connectivity index (χ4v) is 5.94. The summed E-state index contributed by atoms with van der Waals surface area (Å²) in [6.07, 6.45) is 3.04. The van der Waals surface area contributed by atoms with Gasteiger partial charge in [-0.3, -0.25) is 23.4 Å². The zero-order valence-electron chi connectivity index (χ0n) is 22.7. The van der Waals surface area contributed by atoms with E-state index in [1.165, 1.54) is 10.8 Å². The van der Waals surface area contributed by atoms with E-state index in [-0.39, 0.29) is 24.2 Å². The smallest absolute Gasteiger partial charge is 0.330 e. The molecule has 5 rings (SSSR count). The molecule has 206 valence electrons. The third kappa shape index (κ3) is 4.98. The van der Waals surface area contributed by atoms with E-state index in [1.807, 2.05) is 37.7 Å². The highest BCUT2D eigenvalue weighted by molar-refractivity contribution is 7.82. The summed E-state index contributed by atoms with van der Waals surface area (Å²) < 4.78 is 19.1. The lowest BCUT2D eigenvalue weighted by molar-refractivity contribution is -0.137. The molecule has 0 aliphatic carbocycles. The van der Waals surface area contributed by atoms with Crippen molar-refractivity contribution in [1.29, 1.82) is 0 Å². The Hall–Kier alpha value is -4.44. The van der Waals surface area contributed by atoms with Crippen molar-refractivity contribution < 1.29 is 18.9 Å². The van der Waals surface area contributed by atoms with Gasteiger partial charge in [0.25, 0.3) is 5.91 Å². The van der Waals surface area contributed by atoms with Crippen LogP contribution in [-0.2, 0) is 29.4 Å². The van der Waals surface area contributed by atoms with Crippen LogP contribution in [-0.4, -0.2) is 41.1 Å². The fourth-order valence-electron chi connectivity index (χ4n) is 5.56. The minimum Gasteiger partial charge on any atom is -0.481 e. The Balaban J connectivity index is 1.76. The minimum absolute atomic E-state index is 0.215. The summed E-state index contributed by atoms with van der Waals surface area (Å²) in [5, 5.41) is 10.9. The van der Waals surface area contributed by atoms with Gasteiger partial charge in [0, 0.05) is 36.0 Å². The van der Waals surface area contributed by atoms with Crippen molar-refractivity contribution in [1.82, 2.24) is 18.4 Å². The third-order valence-electron chi connectivity index (χ3n) is 7.16. The Morgan fingerprint density at radius 3 is 2.40 bits per heavy atom. The second-order valence-corrected chi connectivity index (χ2v) is 11.2. The molecule has 2 heterocycles. The Morgan fingerprint density at radius 1 is 1.00 bits per heavy atom. The number of fused-ring (bicyclic) bond motifs is 2. The van der Waals surface area contributed by atoms with Crippen molar-refractivity contribution in [3.05, 3.63) is 105 Å². The number of nitrogens with zero attached hydrogens (tertiary/aromatic N) is 3. The second kappa shape index (κ2) is 10.6. The number of imidazole rings is 1. The monoisotopic (exact) mass is 558 g/mol. The lowest BCUT2D eigenvalue weighted by atomic mass is 10.0. The van der Waals surface area contributed by atoms with Crippen LogP contribution in [0.25, 0.3) is 21.9 Å². The van der Waals surface area contributed by atoms with Crippen LogP contribution < -0.4 is 10.4 Å². The molecule has 0 bridgehead atoms.